The second kappa shape index (κ2) is 16.4. The zero-order chi connectivity index (χ0) is 38.9. The molecular weight excluding hydrogens is 633 g/mol. The fourth-order valence-electron chi connectivity index (χ4n) is 8.30. The molecule has 0 saturated carbocycles. The highest BCUT2D eigenvalue weighted by atomic mass is 14.6. The summed E-state index contributed by atoms with van der Waals surface area (Å²) in [5.74, 6) is 1.53. The second-order valence-electron chi connectivity index (χ2n) is 17.2. The summed E-state index contributed by atoms with van der Waals surface area (Å²) in [4.78, 5) is 0. The molecule has 282 valence electrons. The van der Waals surface area contributed by atoms with E-state index in [-0.39, 0.29) is 47.3 Å². The summed E-state index contributed by atoms with van der Waals surface area (Å²) in [5, 5.41) is 0. The minimum atomic E-state index is -0.0483. The van der Waals surface area contributed by atoms with Crippen molar-refractivity contribution in [3.63, 3.8) is 0 Å². The summed E-state index contributed by atoms with van der Waals surface area (Å²) in [6.07, 6.45) is 1.74. The number of rotatable bonds is 13. The third-order valence-corrected chi connectivity index (χ3v) is 11.4. The van der Waals surface area contributed by atoms with E-state index in [1.165, 1.54) is 66.8 Å². The minimum absolute atomic E-state index is 0.0425. The van der Waals surface area contributed by atoms with Crippen LogP contribution in [-0.2, 0) is 12.8 Å². The van der Waals surface area contributed by atoms with Gasteiger partial charge in [0.15, 0.2) is 0 Å². The van der Waals surface area contributed by atoms with Gasteiger partial charge in [-0.1, -0.05) is 145 Å². The van der Waals surface area contributed by atoms with E-state index in [4.69, 9.17) is 22.9 Å². The normalized spacial score (nSPS) is 12.9. The summed E-state index contributed by atoms with van der Waals surface area (Å²) >= 11 is 0. The molecule has 0 bridgehead atoms. The Bertz CT molecular complexity index is 1690. The molecule has 4 rings (SSSR count). The summed E-state index contributed by atoms with van der Waals surface area (Å²) in [6, 6.07) is 19.2. The molecule has 0 fully saturated rings. The Kier molecular flexibility index (Phi) is 12.9. The first-order chi connectivity index (χ1) is 24.3. The van der Waals surface area contributed by atoms with Crippen LogP contribution in [0.4, 0.5) is 22.7 Å². The molecule has 0 aliphatic carbocycles. The first kappa shape index (κ1) is 40.8. The maximum atomic E-state index is 7.01. The molecule has 4 aromatic rings. The molecule has 1 unspecified atom stereocenters. The number of nitrogen functional groups attached to an aromatic ring is 4. The molecule has 0 saturated heterocycles. The minimum Gasteiger partial charge on any atom is -0.398 e. The predicted octanol–water partition coefficient (Wildman–Crippen LogP) is 12.8. The Hall–Kier alpha value is -3.92. The highest BCUT2D eigenvalue weighted by Gasteiger charge is 2.33. The predicted molar refractivity (Wildman–Crippen MR) is 230 cm³/mol. The molecule has 0 aliphatic heterocycles. The van der Waals surface area contributed by atoms with Gasteiger partial charge >= 0.3 is 0 Å². The molecule has 4 heteroatoms. The number of aryl methyl sites for hydroxylation is 2. The van der Waals surface area contributed by atoms with Crippen LogP contribution in [0.15, 0.2) is 48.5 Å². The van der Waals surface area contributed by atoms with E-state index in [0.717, 1.165) is 35.6 Å². The zero-order valence-corrected chi connectivity index (χ0v) is 35.0. The molecule has 0 radical (unpaired) electrons. The molecule has 0 spiro atoms. The van der Waals surface area contributed by atoms with Gasteiger partial charge in [0.1, 0.15) is 0 Å². The lowest BCUT2D eigenvalue weighted by atomic mass is 9.69. The van der Waals surface area contributed by atoms with Crippen LogP contribution < -0.4 is 22.9 Å². The summed E-state index contributed by atoms with van der Waals surface area (Å²) in [7, 11) is 0. The SMILES string of the molecule is CCc1cc(C(c2cc(C(C)C)c(N)c(C(C)C)c2)C(c2cc(C(C)C)c(N)c(C(C)C)c2)c2cc(C(C)C)c(N)c(C(C)C)c2)cc(CC)c1N. The fourth-order valence-corrected chi connectivity index (χ4v) is 8.30. The Morgan fingerprint density at radius 1 is 0.327 bits per heavy atom. The van der Waals surface area contributed by atoms with E-state index in [1.807, 2.05) is 0 Å². The van der Waals surface area contributed by atoms with E-state index < -0.39 is 0 Å². The van der Waals surface area contributed by atoms with Crippen LogP contribution in [0.25, 0.3) is 0 Å². The molecule has 0 amide bonds. The molecule has 4 nitrogen and oxygen atoms in total. The van der Waals surface area contributed by atoms with Gasteiger partial charge in [-0.25, -0.2) is 0 Å². The third kappa shape index (κ3) is 8.02. The maximum Gasteiger partial charge on any atom is 0.0384 e. The van der Waals surface area contributed by atoms with E-state index in [9.17, 15) is 0 Å². The lowest BCUT2D eigenvalue weighted by Crippen LogP contribution is -2.20. The van der Waals surface area contributed by atoms with Crippen LogP contribution in [0.2, 0.25) is 0 Å². The van der Waals surface area contributed by atoms with Gasteiger partial charge in [-0.15, -0.1) is 0 Å². The van der Waals surface area contributed by atoms with E-state index in [2.05, 4.69) is 145 Å². The van der Waals surface area contributed by atoms with Gasteiger partial charge in [-0.2, -0.15) is 0 Å². The Balaban J connectivity index is 2.34. The van der Waals surface area contributed by atoms with Gasteiger partial charge in [0.2, 0.25) is 0 Å². The van der Waals surface area contributed by atoms with Crippen molar-refractivity contribution in [2.75, 3.05) is 22.9 Å². The highest BCUT2D eigenvalue weighted by molar-refractivity contribution is 5.66. The summed E-state index contributed by atoms with van der Waals surface area (Å²) in [6.45, 7) is 31.5. The average Bonchev–Trinajstić information content (AvgIpc) is 3.07. The van der Waals surface area contributed by atoms with Gasteiger partial charge in [-0.05, 0) is 115 Å². The number of anilines is 4. The number of benzene rings is 4. The van der Waals surface area contributed by atoms with Crippen molar-refractivity contribution in [1.82, 2.24) is 0 Å². The van der Waals surface area contributed by atoms with Crippen LogP contribution in [0.1, 0.15) is 211 Å². The summed E-state index contributed by atoms with van der Waals surface area (Å²) < 4.78 is 0. The molecule has 4 aromatic carbocycles. The van der Waals surface area contributed by atoms with Crippen LogP contribution in [0, 0.1) is 0 Å². The molecular formula is C48H70N4. The molecule has 52 heavy (non-hydrogen) atoms. The van der Waals surface area contributed by atoms with Crippen molar-refractivity contribution < 1.29 is 0 Å². The Morgan fingerprint density at radius 3 is 0.692 bits per heavy atom. The van der Waals surface area contributed by atoms with E-state index in [1.54, 1.807) is 0 Å². The van der Waals surface area contributed by atoms with Crippen LogP contribution in [0.5, 0.6) is 0 Å². The standard InChI is InChI=1S/C48H70N4/c1-15-31-17-33(18-32(16-2)45(31)49)43(34-19-37(25(3)4)46(50)38(20-34)26(5)6)44(35-21-39(27(7)8)47(51)40(22-35)28(9)10)36-23-41(29(11)12)48(52)42(24-36)30(13)14/h17-30,43-44H,15-16,49-52H2,1-14H3. The Morgan fingerprint density at radius 2 is 0.519 bits per heavy atom. The van der Waals surface area contributed by atoms with Crippen LogP contribution in [-0.4, -0.2) is 0 Å². The van der Waals surface area contributed by atoms with Gasteiger partial charge in [-0.3, -0.25) is 0 Å². The first-order valence-corrected chi connectivity index (χ1v) is 20.0. The van der Waals surface area contributed by atoms with E-state index >= 15 is 0 Å². The third-order valence-electron chi connectivity index (χ3n) is 11.4. The first-order valence-electron chi connectivity index (χ1n) is 20.0. The van der Waals surface area contributed by atoms with Gasteiger partial charge in [0.25, 0.3) is 0 Å². The monoisotopic (exact) mass is 703 g/mol. The molecule has 0 aliphatic rings. The molecule has 0 aromatic heterocycles. The van der Waals surface area contributed by atoms with Gasteiger partial charge in [0.05, 0.1) is 0 Å². The lowest BCUT2D eigenvalue weighted by molar-refractivity contribution is 0.677. The number of hydrogen-bond donors (Lipinski definition) is 4. The van der Waals surface area contributed by atoms with Gasteiger partial charge < -0.3 is 22.9 Å². The zero-order valence-electron chi connectivity index (χ0n) is 35.0. The quantitative estimate of drug-likeness (QED) is 0.104. The Labute approximate surface area is 317 Å². The smallest absolute Gasteiger partial charge is 0.0384 e. The van der Waals surface area contributed by atoms with Crippen LogP contribution in [0.3, 0.4) is 0 Å². The number of nitrogens with two attached hydrogens (primary N) is 4. The topological polar surface area (TPSA) is 104 Å². The molecule has 0 heterocycles. The number of hydrogen-bond acceptors (Lipinski definition) is 4. The van der Waals surface area contributed by atoms with Crippen LogP contribution >= 0.6 is 0 Å². The lowest BCUT2D eigenvalue weighted by Gasteiger charge is -2.34. The van der Waals surface area contributed by atoms with Crippen molar-refractivity contribution in [2.45, 2.75) is 157 Å². The highest BCUT2D eigenvalue weighted by Crippen LogP contribution is 2.50. The molecule has 1 atom stereocenters. The molecule has 8 N–H and O–H groups in total. The van der Waals surface area contributed by atoms with Crippen molar-refractivity contribution in [3.05, 3.63) is 115 Å². The fraction of sp³-hybridized carbons (Fsp3) is 0.500. The second-order valence-corrected chi connectivity index (χ2v) is 17.2. The average molecular weight is 703 g/mol. The summed E-state index contributed by atoms with van der Waals surface area (Å²) in [5.41, 5.74) is 46.3. The largest absolute Gasteiger partial charge is 0.398 e. The van der Waals surface area contributed by atoms with Crippen molar-refractivity contribution in [3.8, 4) is 0 Å². The van der Waals surface area contributed by atoms with Crippen molar-refractivity contribution in [1.29, 1.82) is 0 Å². The van der Waals surface area contributed by atoms with Crippen molar-refractivity contribution >= 4 is 22.7 Å². The van der Waals surface area contributed by atoms with Crippen molar-refractivity contribution in [2.24, 2.45) is 0 Å². The van der Waals surface area contributed by atoms with E-state index in [0.29, 0.717) is 0 Å². The van der Waals surface area contributed by atoms with Gasteiger partial charge in [0, 0.05) is 34.6 Å². The maximum absolute atomic E-state index is 7.01.